The Morgan fingerprint density at radius 3 is 2.23 bits per heavy atom. The molecule has 0 N–H and O–H groups in total. The van der Waals surface area contributed by atoms with E-state index in [1.165, 1.54) is 23.9 Å². The number of esters is 1. The van der Waals surface area contributed by atoms with E-state index in [4.69, 9.17) is 9.47 Å². The Morgan fingerprint density at radius 2 is 1.73 bits per heavy atom. The van der Waals surface area contributed by atoms with Gasteiger partial charge in [-0.1, -0.05) is 0 Å². The molecular weight excluding hydrogens is 294 g/mol. The Hall–Kier alpha value is -2.00. The lowest BCUT2D eigenvalue weighted by Gasteiger charge is -2.42. The number of rotatable bonds is 2. The van der Waals surface area contributed by atoms with Gasteiger partial charge in [0.2, 0.25) is 17.7 Å². The fourth-order valence-corrected chi connectivity index (χ4v) is 3.89. The number of amides is 3. The fraction of sp³-hybridized carbons (Fsp3) is 0.692. The van der Waals surface area contributed by atoms with E-state index >= 15 is 0 Å². The minimum Gasteiger partial charge on any atom is -0.466 e. The smallest absolute Gasteiger partial charge is 0.349 e. The molecule has 3 aliphatic rings. The van der Waals surface area contributed by atoms with Gasteiger partial charge in [-0.3, -0.25) is 24.2 Å². The number of likely N-dealkylation sites (tertiary alicyclic amines) is 2. The van der Waals surface area contributed by atoms with Crippen LogP contribution in [0.25, 0.3) is 0 Å². The maximum atomic E-state index is 12.7. The molecular formula is C13H17N3O6. The number of piperidine rings is 1. The maximum absolute atomic E-state index is 12.7. The normalized spacial score (nSPS) is 40.0. The van der Waals surface area contributed by atoms with Gasteiger partial charge in [-0.15, -0.1) is 0 Å². The number of likely N-dealkylation sites (N-methyl/N-ethyl adjacent to an activating group) is 1. The number of fused-ring (bicyclic) bond motifs is 5. The van der Waals surface area contributed by atoms with Crippen LogP contribution in [0.4, 0.5) is 0 Å². The Bertz CT molecular complexity index is 619. The zero-order valence-electron chi connectivity index (χ0n) is 12.9. The van der Waals surface area contributed by atoms with Crippen LogP contribution >= 0.6 is 0 Å². The first kappa shape index (κ1) is 14.9. The van der Waals surface area contributed by atoms with Crippen molar-refractivity contribution in [3.8, 4) is 0 Å². The lowest BCUT2D eigenvalue weighted by atomic mass is 9.76. The van der Waals surface area contributed by atoms with Crippen molar-refractivity contribution in [2.45, 2.75) is 11.4 Å². The van der Waals surface area contributed by atoms with Crippen molar-refractivity contribution in [1.29, 1.82) is 0 Å². The molecule has 9 nitrogen and oxygen atoms in total. The van der Waals surface area contributed by atoms with E-state index in [1.807, 2.05) is 0 Å². The summed E-state index contributed by atoms with van der Waals surface area (Å²) in [5.41, 5.74) is -2.10. The summed E-state index contributed by atoms with van der Waals surface area (Å²) in [5, 5.41) is 0. The third-order valence-electron chi connectivity index (χ3n) is 4.91. The van der Waals surface area contributed by atoms with Crippen molar-refractivity contribution in [3.63, 3.8) is 0 Å². The molecule has 9 heteroatoms. The first-order valence-corrected chi connectivity index (χ1v) is 6.73. The van der Waals surface area contributed by atoms with E-state index in [2.05, 4.69) is 0 Å². The van der Waals surface area contributed by atoms with Crippen LogP contribution in [0.3, 0.4) is 0 Å². The molecule has 3 fully saturated rings. The molecule has 3 amide bonds. The SMILES string of the molecule is COC(=O)[C@@]12O[C@@](N(C)C)(C3C(=O)N(C)C(=O)C31)N(C)C2=O. The number of methoxy groups -OCH3 is 1. The molecule has 0 saturated carbocycles. The van der Waals surface area contributed by atoms with Crippen molar-refractivity contribution in [2.24, 2.45) is 11.8 Å². The largest absolute Gasteiger partial charge is 0.466 e. The topological polar surface area (TPSA) is 96.5 Å². The van der Waals surface area contributed by atoms with E-state index in [1.54, 1.807) is 14.1 Å². The zero-order valence-corrected chi connectivity index (χ0v) is 12.9. The molecule has 120 valence electrons. The summed E-state index contributed by atoms with van der Waals surface area (Å²) >= 11 is 0. The summed E-state index contributed by atoms with van der Waals surface area (Å²) in [7, 11) is 7.13. The summed E-state index contributed by atoms with van der Waals surface area (Å²) in [5.74, 6) is -6.37. The predicted octanol–water partition coefficient (Wildman–Crippen LogP) is -2.15. The molecule has 3 heterocycles. The standard InChI is InChI=1S/C13H17N3O6/c1-14(2)13-7-6(8(17)15(3)9(7)18)12(22-13,11(20)21-5)10(19)16(13)4/h6-7H,1-5H3/t6?,7?,12-,13-/m1/s1. The third kappa shape index (κ3) is 1.19. The van der Waals surface area contributed by atoms with E-state index in [0.717, 1.165) is 12.0 Å². The van der Waals surface area contributed by atoms with Gasteiger partial charge < -0.3 is 14.4 Å². The number of ether oxygens (including phenoxy) is 2. The van der Waals surface area contributed by atoms with Gasteiger partial charge in [0.05, 0.1) is 7.11 Å². The summed E-state index contributed by atoms with van der Waals surface area (Å²) in [4.78, 5) is 53.7. The molecule has 0 aromatic carbocycles. The lowest BCUT2D eigenvalue weighted by Crippen LogP contribution is -2.65. The second kappa shape index (κ2) is 4.05. The van der Waals surface area contributed by atoms with Crippen LogP contribution in [-0.2, 0) is 28.7 Å². The average molecular weight is 311 g/mol. The van der Waals surface area contributed by atoms with E-state index in [-0.39, 0.29) is 0 Å². The number of imide groups is 1. The molecule has 3 saturated heterocycles. The molecule has 2 bridgehead atoms. The van der Waals surface area contributed by atoms with Crippen molar-refractivity contribution in [1.82, 2.24) is 14.7 Å². The van der Waals surface area contributed by atoms with E-state index in [9.17, 15) is 19.2 Å². The van der Waals surface area contributed by atoms with Gasteiger partial charge in [0.15, 0.2) is 0 Å². The average Bonchev–Trinajstić information content (AvgIpc) is 3.02. The zero-order chi connectivity index (χ0) is 16.6. The summed E-state index contributed by atoms with van der Waals surface area (Å²) in [6.45, 7) is 0. The summed E-state index contributed by atoms with van der Waals surface area (Å²) in [6.07, 6.45) is 0. The molecule has 0 aromatic rings. The van der Waals surface area contributed by atoms with E-state index < -0.39 is 47.0 Å². The third-order valence-corrected chi connectivity index (χ3v) is 4.91. The molecule has 0 spiro atoms. The summed E-state index contributed by atoms with van der Waals surface area (Å²) in [6, 6.07) is 0. The second-order valence-corrected chi connectivity index (χ2v) is 5.94. The van der Waals surface area contributed by atoms with Crippen LogP contribution in [0.2, 0.25) is 0 Å². The Kier molecular flexibility index (Phi) is 2.74. The number of hydrogen-bond acceptors (Lipinski definition) is 7. The molecule has 0 radical (unpaired) electrons. The molecule has 3 rings (SSSR count). The number of carbonyl (C=O) groups excluding carboxylic acids is 4. The lowest BCUT2D eigenvalue weighted by molar-refractivity contribution is -0.206. The quantitative estimate of drug-likeness (QED) is 0.326. The van der Waals surface area contributed by atoms with Gasteiger partial charge in [0, 0.05) is 14.1 Å². The minimum atomic E-state index is -2.10. The van der Waals surface area contributed by atoms with Gasteiger partial charge in [-0.2, -0.15) is 0 Å². The number of carbonyl (C=O) groups is 4. The van der Waals surface area contributed by atoms with Crippen molar-refractivity contribution in [3.05, 3.63) is 0 Å². The first-order chi connectivity index (χ1) is 10.2. The van der Waals surface area contributed by atoms with Crippen LogP contribution in [-0.4, -0.2) is 85.1 Å². The van der Waals surface area contributed by atoms with Gasteiger partial charge in [-0.25, -0.2) is 4.79 Å². The highest BCUT2D eigenvalue weighted by Gasteiger charge is 2.85. The fourth-order valence-electron chi connectivity index (χ4n) is 3.89. The summed E-state index contributed by atoms with van der Waals surface area (Å²) < 4.78 is 10.5. The molecule has 0 aliphatic carbocycles. The predicted molar refractivity (Wildman–Crippen MR) is 69.8 cm³/mol. The van der Waals surface area contributed by atoms with Crippen LogP contribution in [0.1, 0.15) is 0 Å². The second-order valence-electron chi connectivity index (χ2n) is 5.94. The molecule has 0 aromatic heterocycles. The first-order valence-electron chi connectivity index (χ1n) is 6.73. The highest BCUT2D eigenvalue weighted by molar-refractivity contribution is 6.19. The number of hydrogen-bond donors (Lipinski definition) is 0. The Labute approximate surface area is 126 Å². The number of nitrogens with zero attached hydrogens (tertiary/aromatic N) is 3. The van der Waals surface area contributed by atoms with Crippen LogP contribution in [0, 0.1) is 11.8 Å². The van der Waals surface area contributed by atoms with Crippen molar-refractivity contribution in [2.75, 3.05) is 35.3 Å². The molecule has 4 atom stereocenters. The monoisotopic (exact) mass is 311 g/mol. The van der Waals surface area contributed by atoms with E-state index in [0.29, 0.717) is 0 Å². The van der Waals surface area contributed by atoms with Gasteiger partial charge in [0.1, 0.15) is 11.8 Å². The van der Waals surface area contributed by atoms with Gasteiger partial charge in [0.25, 0.3) is 11.5 Å². The minimum absolute atomic E-state index is 0.478. The molecule has 2 unspecified atom stereocenters. The maximum Gasteiger partial charge on any atom is 0.349 e. The molecule has 22 heavy (non-hydrogen) atoms. The van der Waals surface area contributed by atoms with Gasteiger partial charge >= 0.3 is 5.97 Å². The Balaban J connectivity index is 2.29. The van der Waals surface area contributed by atoms with Crippen LogP contribution in [0.15, 0.2) is 0 Å². The van der Waals surface area contributed by atoms with Crippen LogP contribution < -0.4 is 0 Å². The van der Waals surface area contributed by atoms with Crippen molar-refractivity contribution >= 4 is 23.7 Å². The Morgan fingerprint density at radius 1 is 1.18 bits per heavy atom. The van der Waals surface area contributed by atoms with Gasteiger partial charge in [-0.05, 0) is 14.1 Å². The molecule has 3 aliphatic heterocycles. The van der Waals surface area contributed by atoms with Crippen molar-refractivity contribution < 1.29 is 28.7 Å². The highest BCUT2D eigenvalue weighted by Crippen LogP contribution is 2.59. The van der Waals surface area contributed by atoms with Crippen LogP contribution in [0.5, 0.6) is 0 Å². The highest BCUT2D eigenvalue weighted by atomic mass is 16.6.